The fourth-order valence-corrected chi connectivity index (χ4v) is 6.79. The maximum Gasteiger partial charge on any atom is 0.168 e. The van der Waals surface area contributed by atoms with E-state index in [9.17, 15) is 5.11 Å². The van der Waals surface area contributed by atoms with Gasteiger partial charge in [-0.1, -0.05) is 60.7 Å². The molecule has 2 aromatic carbocycles. The van der Waals surface area contributed by atoms with E-state index >= 15 is 0 Å². The van der Waals surface area contributed by atoms with Gasteiger partial charge in [0, 0.05) is 10.6 Å². The Hall–Kier alpha value is -2.82. The van der Waals surface area contributed by atoms with Crippen LogP contribution in [-0.2, 0) is 30.3 Å². The van der Waals surface area contributed by atoms with Crippen LogP contribution in [0.15, 0.2) is 99.7 Å². The van der Waals surface area contributed by atoms with E-state index in [1.807, 2.05) is 30.3 Å². The zero-order valence-corrected chi connectivity index (χ0v) is 26.9. The SMILES string of the molecule is C=CCOC[C@H]1SC(O)(c2cc(Cc3ccc(OC)cc3)c(Cl)cc2OCC=C)[C@H](OCC=C)[C@@H](OCC=C)[C@@H]1OCC=C. The average Bonchev–Trinajstić information content (AvgIpc) is 3.03. The number of hydrogen-bond acceptors (Lipinski definition) is 8. The van der Waals surface area contributed by atoms with Gasteiger partial charge in [-0.15, -0.1) is 38.1 Å². The summed E-state index contributed by atoms with van der Waals surface area (Å²) in [5, 5.41) is 13.0. The van der Waals surface area contributed by atoms with Crippen LogP contribution < -0.4 is 9.47 Å². The Bertz CT molecular complexity index is 1250. The van der Waals surface area contributed by atoms with Gasteiger partial charge in [0.1, 0.15) is 36.4 Å². The number of hydrogen-bond donors (Lipinski definition) is 1. The molecule has 3 rings (SSSR count). The molecule has 1 aliphatic heterocycles. The van der Waals surface area contributed by atoms with Crippen LogP contribution in [0.4, 0.5) is 0 Å². The van der Waals surface area contributed by atoms with Gasteiger partial charge >= 0.3 is 0 Å². The first-order chi connectivity index (χ1) is 21.4. The van der Waals surface area contributed by atoms with Gasteiger partial charge in [0.15, 0.2) is 4.93 Å². The van der Waals surface area contributed by atoms with Crippen molar-refractivity contribution in [2.24, 2.45) is 0 Å². The van der Waals surface area contributed by atoms with Crippen LogP contribution in [0.25, 0.3) is 0 Å². The molecule has 238 valence electrons. The van der Waals surface area contributed by atoms with Crippen molar-refractivity contribution < 1.29 is 33.5 Å². The number of ether oxygens (including phenoxy) is 6. The fraction of sp³-hybridized carbons (Fsp3) is 0.371. The fourth-order valence-electron chi connectivity index (χ4n) is 4.95. The molecule has 0 amide bonds. The summed E-state index contributed by atoms with van der Waals surface area (Å²) in [5.74, 6) is 1.15. The first kappa shape index (κ1) is 35.7. The Labute approximate surface area is 270 Å². The van der Waals surface area contributed by atoms with Crippen molar-refractivity contribution in [1.82, 2.24) is 0 Å². The lowest BCUT2D eigenvalue weighted by Crippen LogP contribution is -2.61. The quantitative estimate of drug-likeness (QED) is 0.127. The lowest BCUT2D eigenvalue weighted by molar-refractivity contribution is -0.180. The van der Waals surface area contributed by atoms with E-state index in [2.05, 4.69) is 32.9 Å². The van der Waals surface area contributed by atoms with E-state index in [0.717, 1.165) is 16.9 Å². The van der Waals surface area contributed by atoms with Crippen LogP contribution in [0.1, 0.15) is 16.7 Å². The molecule has 1 saturated heterocycles. The topological polar surface area (TPSA) is 75.6 Å². The molecule has 1 heterocycles. The van der Waals surface area contributed by atoms with E-state index in [4.69, 9.17) is 40.0 Å². The third-order valence-corrected chi connectivity index (χ3v) is 8.75. The Kier molecular flexibility index (Phi) is 14.8. The van der Waals surface area contributed by atoms with Gasteiger partial charge in [-0.3, -0.25) is 0 Å². The Balaban J connectivity index is 2.20. The molecule has 0 saturated carbocycles. The third-order valence-electron chi connectivity index (χ3n) is 6.87. The van der Waals surface area contributed by atoms with E-state index < -0.39 is 23.2 Å². The molecule has 0 bridgehead atoms. The summed E-state index contributed by atoms with van der Waals surface area (Å²) in [5.41, 5.74) is 2.29. The van der Waals surface area contributed by atoms with Crippen LogP contribution in [0.3, 0.4) is 0 Å². The highest BCUT2D eigenvalue weighted by Crippen LogP contribution is 2.53. The molecule has 44 heavy (non-hydrogen) atoms. The summed E-state index contributed by atoms with van der Waals surface area (Å²) in [6.45, 7) is 20.4. The van der Waals surface area contributed by atoms with E-state index in [-0.39, 0.29) is 38.3 Å². The summed E-state index contributed by atoms with van der Waals surface area (Å²) in [4.78, 5) is -1.69. The molecule has 5 atom stereocenters. The zero-order valence-electron chi connectivity index (χ0n) is 25.3. The maximum atomic E-state index is 12.9. The molecule has 1 aliphatic rings. The molecule has 1 unspecified atom stereocenters. The second-order valence-electron chi connectivity index (χ2n) is 9.96. The van der Waals surface area contributed by atoms with Crippen molar-refractivity contribution in [3.8, 4) is 11.5 Å². The second-order valence-corrected chi connectivity index (χ2v) is 11.8. The molecule has 1 N–H and O–H groups in total. The molecule has 0 aliphatic carbocycles. The summed E-state index contributed by atoms with van der Waals surface area (Å²) in [6.07, 6.45) is 6.57. The van der Waals surface area contributed by atoms with Crippen molar-refractivity contribution >= 4 is 23.4 Å². The molecule has 7 nitrogen and oxygen atoms in total. The van der Waals surface area contributed by atoms with Gasteiger partial charge in [0.2, 0.25) is 0 Å². The van der Waals surface area contributed by atoms with Crippen molar-refractivity contribution in [1.29, 1.82) is 0 Å². The molecule has 0 aromatic heterocycles. The molecule has 0 spiro atoms. The van der Waals surface area contributed by atoms with Crippen LogP contribution >= 0.6 is 23.4 Å². The first-order valence-corrected chi connectivity index (χ1v) is 15.6. The average molecular weight is 643 g/mol. The maximum absolute atomic E-state index is 12.9. The van der Waals surface area contributed by atoms with E-state index in [0.29, 0.717) is 29.4 Å². The Morgan fingerprint density at radius 1 is 0.841 bits per heavy atom. The number of halogens is 1. The van der Waals surface area contributed by atoms with Gasteiger partial charge in [-0.2, -0.15) is 0 Å². The van der Waals surface area contributed by atoms with Gasteiger partial charge < -0.3 is 33.5 Å². The van der Waals surface area contributed by atoms with Crippen molar-refractivity contribution in [2.45, 2.75) is 34.9 Å². The monoisotopic (exact) mass is 642 g/mol. The molecule has 2 aromatic rings. The normalized spacial score (nSPS) is 23.0. The predicted octanol–water partition coefficient (Wildman–Crippen LogP) is 6.68. The van der Waals surface area contributed by atoms with E-state index in [1.54, 1.807) is 43.6 Å². The summed E-state index contributed by atoms with van der Waals surface area (Å²) < 4.78 is 36.2. The summed E-state index contributed by atoms with van der Waals surface area (Å²) in [6, 6.07) is 11.3. The van der Waals surface area contributed by atoms with Gasteiger partial charge in [0.25, 0.3) is 0 Å². The lowest BCUT2D eigenvalue weighted by atomic mass is 9.91. The van der Waals surface area contributed by atoms with Crippen molar-refractivity contribution in [3.05, 3.63) is 121 Å². The number of thioether (sulfide) groups is 1. The lowest BCUT2D eigenvalue weighted by Gasteiger charge is -2.50. The minimum Gasteiger partial charge on any atom is -0.497 e. The zero-order chi connectivity index (χ0) is 32.0. The number of aliphatic hydroxyl groups is 1. The largest absolute Gasteiger partial charge is 0.497 e. The Morgan fingerprint density at radius 2 is 1.45 bits per heavy atom. The van der Waals surface area contributed by atoms with Crippen LogP contribution in [-0.4, -0.2) is 75.4 Å². The van der Waals surface area contributed by atoms with Crippen LogP contribution in [0.2, 0.25) is 5.02 Å². The Morgan fingerprint density at radius 3 is 2.07 bits per heavy atom. The molecule has 1 fully saturated rings. The van der Waals surface area contributed by atoms with Crippen LogP contribution in [0, 0.1) is 0 Å². The first-order valence-electron chi connectivity index (χ1n) is 14.3. The highest BCUT2D eigenvalue weighted by atomic mass is 35.5. The molecule has 9 heteroatoms. The van der Waals surface area contributed by atoms with Crippen molar-refractivity contribution in [2.75, 3.05) is 46.8 Å². The molecular weight excluding hydrogens is 600 g/mol. The minimum atomic E-state index is -1.69. The number of rotatable bonds is 20. The van der Waals surface area contributed by atoms with Crippen molar-refractivity contribution in [3.63, 3.8) is 0 Å². The van der Waals surface area contributed by atoms with Crippen LogP contribution in [0.5, 0.6) is 11.5 Å². The molecule has 0 radical (unpaired) electrons. The highest BCUT2D eigenvalue weighted by Gasteiger charge is 2.57. The van der Waals surface area contributed by atoms with Gasteiger partial charge in [0.05, 0.1) is 45.4 Å². The molecular formula is C35H43ClO7S. The summed E-state index contributed by atoms with van der Waals surface area (Å²) >= 11 is 8.10. The van der Waals surface area contributed by atoms with E-state index in [1.165, 1.54) is 11.8 Å². The van der Waals surface area contributed by atoms with Gasteiger partial charge in [-0.25, -0.2) is 0 Å². The second kappa shape index (κ2) is 18.2. The highest BCUT2D eigenvalue weighted by molar-refractivity contribution is 8.00. The number of methoxy groups -OCH3 is 1. The minimum absolute atomic E-state index is 0.155. The standard InChI is InChI=1S/C35H43ClO7S/c1-7-16-39-24-31-32(41-18-9-3)33(42-19-10-4)34(43-20-11-5)35(37,44-31)28-22-26(29(36)23-30(28)40-17-8-2)21-25-12-14-27(38-6)15-13-25/h7-15,22-23,31-34,37H,1-5,16-21,24H2,6H3/t31-,32-,33+,34-,35?/m1/s1. The van der Waals surface area contributed by atoms with Gasteiger partial charge in [-0.05, 0) is 41.8 Å². The smallest absolute Gasteiger partial charge is 0.168 e. The third kappa shape index (κ3) is 9.11. The predicted molar refractivity (Wildman–Crippen MR) is 179 cm³/mol. The summed E-state index contributed by atoms with van der Waals surface area (Å²) in [7, 11) is 1.63. The number of benzene rings is 2.